The highest BCUT2D eigenvalue weighted by molar-refractivity contribution is 14.0. The Morgan fingerprint density at radius 2 is 1.85 bits per heavy atom. The lowest BCUT2D eigenvalue weighted by molar-refractivity contribution is 0.180. The van der Waals surface area contributed by atoms with Gasteiger partial charge < -0.3 is 15.4 Å². The van der Waals surface area contributed by atoms with Crippen LogP contribution in [0.3, 0.4) is 0 Å². The molecule has 0 saturated carbocycles. The molecule has 2 fully saturated rings. The molecule has 0 bridgehead atoms. The van der Waals surface area contributed by atoms with E-state index in [9.17, 15) is 0 Å². The molecule has 2 saturated heterocycles. The average molecular weight is 486 g/mol. The molecule has 27 heavy (non-hydrogen) atoms. The molecule has 1 aromatic rings. The van der Waals surface area contributed by atoms with Crippen LogP contribution in [0.25, 0.3) is 0 Å². The van der Waals surface area contributed by atoms with Gasteiger partial charge in [-0.05, 0) is 68.3 Å². The van der Waals surface area contributed by atoms with Gasteiger partial charge in [-0.2, -0.15) is 0 Å². The number of guanidine groups is 1. The van der Waals surface area contributed by atoms with E-state index in [-0.39, 0.29) is 24.0 Å². The van der Waals surface area contributed by atoms with Gasteiger partial charge in [0.2, 0.25) is 0 Å². The van der Waals surface area contributed by atoms with Crippen molar-refractivity contribution in [3.8, 4) is 5.75 Å². The summed E-state index contributed by atoms with van der Waals surface area (Å²) in [7, 11) is 1.71. The van der Waals surface area contributed by atoms with Crippen LogP contribution in [0.4, 0.5) is 0 Å². The van der Waals surface area contributed by atoms with E-state index in [0.29, 0.717) is 5.92 Å². The van der Waals surface area contributed by atoms with E-state index in [1.807, 2.05) is 12.1 Å². The third kappa shape index (κ3) is 6.82. The second-order valence-electron chi connectivity index (χ2n) is 7.96. The first-order chi connectivity index (χ1) is 12.6. The van der Waals surface area contributed by atoms with E-state index in [4.69, 9.17) is 15.5 Å². The fourth-order valence-corrected chi connectivity index (χ4v) is 4.04. The molecular weight excluding hydrogens is 451 g/mol. The van der Waals surface area contributed by atoms with Crippen molar-refractivity contribution >= 4 is 29.9 Å². The van der Waals surface area contributed by atoms with Crippen molar-refractivity contribution in [3.05, 3.63) is 29.8 Å². The Morgan fingerprint density at radius 3 is 2.48 bits per heavy atom. The van der Waals surface area contributed by atoms with E-state index in [0.717, 1.165) is 56.9 Å². The van der Waals surface area contributed by atoms with Crippen LogP contribution in [0, 0.1) is 11.8 Å². The fraction of sp³-hybridized carbons (Fsp3) is 0.667. The van der Waals surface area contributed by atoms with Gasteiger partial charge in [0.1, 0.15) is 5.75 Å². The first-order valence-corrected chi connectivity index (χ1v) is 10.0. The number of ether oxygens (including phenoxy) is 1. The van der Waals surface area contributed by atoms with Crippen molar-refractivity contribution < 1.29 is 4.74 Å². The molecule has 6 heteroatoms. The lowest BCUT2D eigenvalue weighted by atomic mass is 9.96. The molecule has 2 N–H and O–H groups in total. The van der Waals surface area contributed by atoms with Gasteiger partial charge in [-0.1, -0.05) is 19.1 Å². The average Bonchev–Trinajstić information content (AvgIpc) is 2.68. The Bertz CT molecular complexity index is 584. The van der Waals surface area contributed by atoms with Crippen LogP contribution in [0.5, 0.6) is 5.75 Å². The second kappa shape index (κ2) is 11.1. The Labute approximate surface area is 181 Å². The summed E-state index contributed by atoms with van der Waals surface area (Å²) in [4.78, 5) is 9.53. The van der Waals surface area contributed by atoms with Crippen molar-refractivity contribution in [3.63, 3.8) is 0 Å². The molecule has 152 valence electrons. The normalized spacial score (nSPS) is 22.4. The van der Waals surface area contributed by atoms with Crippen LogP contribution in [-0.2, 0) is 6.54 Å². The molecule has 2 aliphatic rings. The predicted molar refractivity (Wildman–Crippen MR) is 123 cm³/mol. The van der Waals surface area contributed by atoms with Crippen molar-refractivity contribution in [2.24, 2.45) is 22.6 Å². The minimum Gasteiger partial charge on any atom is -0.497 e. The third-order valence-corrected chi connectivity index (χ3v) is 5.76. The number of rotatable bonds is 5. The first kappa shape index (κ1) is 22.3. The molecule has 1 atom stereocenters. The number of aliphatic imine (C=N–C) groups is 1. The van der Waals surface area contributed by atoms with Crippen LogP contribution in [0.15, 0.2) is 29.3 Å². The number of methoxy groups -OCH3 is 1. The summed E-state index contributed by atoms with van der Waals surface area (Å²) in [6.45, 7) is 8.63. The standard InChI is InChI=1S/C21H34N4O.HI/c1-17-4-3-11-25(15-17)21(22)23-14-18-9-12-24(13-10-18)16-19-5-7-20(26-2)8-6-19;/h5-8,17-18H,3-4,9-16H2,1-2H3,(H2,22,23);1H. The Hall–Kier alpha value is -1.02. The Kier molecular flexibility index (Phi) is 9.15. The number of benzene rings is 1. The zero-order valence-corrected chi connectivity index (χ0v) is 19.1. The number of hydrogen-bond donors (Lipinski definition) is 1. The summed E-state index contributed by atoms with van der Waals surface area (Å²) in [6, 6.07) is 8.41. The monoisotopic (exact) mass is 486 g/mol. The molecule has 0 amide bonds. The lowest BCUT2D eigenvalue weighted by Gasteiger charge is -2.33. The highest BCUT2D eigenvalue weighted by Gasteiger charge is 2.21. The Balaban J connectivity index is 0.00000261. The Morgan fingerprint density at radius 1 is 1.15 bits per heavy atom. The second-order valence-corrected chi connectivity index (χ2v) is 7.96. The molecule has 3 rings (SSSR count). The van der Waals surface area contributed by atoms with E-state index in [1.54, 1.807) is 7.11 Å². The van der Waals surface area contributed by atoms with Gasteiger partial charge in [0.25, 0.3) is 0 Å². The molecule has 0 aromatic heterocycles. The summed E-state index contributed by atoms with van der Waals surface area (Å²) in [5, 5.41) is 0. The van der Waals surface area contributed by atoms with E-state index < -0.39 is 0 Å². The van der Waals surface area contributed by atoms with Crippen molar-refractivity contribution in [1.29, 1.82) is 0 Å². The van der Waals surface area contributed by atoms with Gasteiger partial charge in [-0.3, -0.25) is 9.89 Å². The van der Waals surface area contributed by atoms with Gasteiger partial charge in [-0.15, -0.1) is 24.0 Å². The number of halogens is 1. The van der Waals surface area contributed by atoms with Crippen LogP contribution in [0.2, 0.25) is 0 Å². The van der Waals surface area contributed by atoms with Gasteiger partial charge >= 0.3 is 0 Å². The fourth-order valence-electron chi connectivity index (χ4n) is 4.04. The molecule has 0 radical (unpaired) electrons. The molecule has 2 aliphatic heterocycles. The van der Waals surface area contributed by atoms with Crippen molar-refractivity contribution in [2.45, 2.75) is 39.2 Å². The predicted octanol–water partition coefficient (Wildman–Crippen LogP) is 3.57. The molecule has 1 aromatic carbocycles. The zero-order chi connectivity index (χ0) is 18.4. The van der Waals surface area contributed by atoms with Crippen LogP contribution >= 0.6 is 24.0 Å². The topological polar surface area (TPSA) is 54.1 Å². The van der Waals surface area contributed by atoms with Gasteiger partial charge in [0.05, 0.1) is 7.11 Å². The molecule has 0 spiro atoms. The maximum absolute atomic E-state index is 6.24. The number of hydrogen-bond acceptors (Lipinski definition) is 3. The van der Waals surface area contributed by atoms with E-state index >= 15 is 0 Å². The van der Waals surface area contributed by atoms with Crippen LogP contribution in [-0.4, -0.2) is 55.6 Å². The number of piperidine rings is 2. The summed E-state index contributed by atoms with van der Waals surface area (Å²) >= 11 is 0. The molecule has 0 aliphatic carbocycles. The van der Waals surface area contributed by atoms with Crippen LogP contribution < -0.4 is 10.5 Å². The number of likely N-dealkylation sites (tertiary alicyclic amines) is 2. The van der Waals surface area contributed by atoms with E-state index in [1.165, 1.54) is 31.2 Å². The molecule has 2 heterocycles. The largest absolute Gasteiger partial charge is 0.497 e. The third-order valence-electron chi connectivity index (χ3n) is 5.76. The summed E-state index contributed by atoms with van der Waals surface area (Å²) in [5.41, 5.74) is 7.59. The van der Waals surface area contributed by atoms with Crippen LogP contribution in [0.1, 0.15) is 38.2 Å². The molecule has 1 unspecified atom stereocenters. The van der Waals surface area contributed by atoms with Crippen molar-refractivity contribution in [1.82, 2.24) is 9.80 Å². The summed E-state index contributed by atoms with van der Waals surface area (Å²) < 4.78 is 5.23. The SMILES string of the molecule is COc1ccc(CN2CCC(CN=C(N)N3CCCC(C)C3)CC2)cc1.I. The van der Waals surface area contributed by atoms with Gasteiger partial charge in [-0.25, -0.2) is 0 Å². The number of nitrogens with two attached hydrogens (primary N) is 1. The summed E-state index contributed by atoms with van der Waals surface area (Å²) in [6.07, 6.45) is 4.98. The summed E-state index contributed by atoms with van der Waals surface area (Å²) in [5.74, 6) is 3.09. The smallest absolute Gasteiger partial charge is 0.191 e. The van der Waals surface area contributed by atoms with Crippen molar-refractivity contribution in [2.75, 3.05) is 39.8 Å². The molecule has 5 nitrogen and oxygen atoms in total. The number of nitrogens with zero attached hydrogens (tertiary/aromatic N) is 3. The van der Waals surface area contributed by atoms with Gasteiger partial charge in [0, 0.05) is 26.2 Å². The van der Waals surface area contributed by atoms with E-state index in [2.05, 4.69) is 28.9 Å². The highest BCUT2D eigenvalue weighted by atomic mass is 127. The van der Waals surface area contributed by atoms with Gasteiger partial charge in [0.15, 0.2) is 5.96 Å². The zero-order valence-electron chi connectivity index (χ0n) is 16.8. The minimum absolute atomic E-state index is 0. The molecular formula is C21H35IN4O. The first-order valence-electron chi connectivity index (χ1n) is 10.0. The maximum atomic E-state index is 6.24. The quantitative estimate of drug-likeness (QED) is 0.393. The maximum Gasteiger partial charge on any atom is 0.191 e. The minimum atomic E-state index is 0. The highest BCUT2D eigenvalue weighted by Crippen LogP contribution is 2.21. The lowest BCUT2D eigenvalue weighted by Crippen LogP contribution is -2.44.